The van der Waals surface area contributed by atoms with E-state index in [0.717, 1.165) is 40.5 Å². The van der Waals surface area contributed by atoms with Crippen molar-refractivity contribution >= 4 is 27.9 Å². The van der Waals surface area contributed by atoms with E-state index in [-0.39, 0.29) is 5.56 Å². The SMILES string of the molecule is Cc1c2c(=O)n(CCCNC(=O)OC(C)(C)C)c3cc4c(cc3c2nn1Cc1ccccc1)CCCC4. The van der Waals surface area contributed by atoms with Crippen LogP contribution in [0.4, 0.5) is 4.79 Å². The van der Waals surface area contributed by atoms with Gasteiger partial charge in [-0.15, -0.1) is 0 Å². The Balaban J connectivity index is 1.54. The molecule has 0 atom stereocenters. The lowest BCUT2D eigenvalue weighted by Crippen LogP contribution is -2.33. The van der Waals surface area contributed by atoms with Crippen molar-refractivity contribution in [2.75, 3.05) is 6.54 Å². The summed E-state index contributed by atoms with van der Waals surface area (Å²) in [5.74, 6) is 0. The van der Waals surface area contributed by atoms with Crippen molar-refractivity contribution in [3.05, 3.63) is 75.2 Å². The highest BCUT2D eigenvalue weighted by molar-refractivity contribution is 6.04. The number of hydrogen-bond donors (Lipinski definition) is 1. The number of alkyl carbamates (subject to hydrolysis) is 1. The maximum absolute atomic E-state index is 13.9. The Labute approximate surface area is 217 Å². The number of ether oxygens (including phenoxy) is 1. The van der Waals surface area contributed by atoms with Crippen molar-refractivity contribution in [3.8, 4) is 0 Å². The van der Waals surface area contributed by atoms with Gasteiger partial charge in [0.2, 0.25) is 0 Å². The average Bonchev–Trinajstić information content (AvgIpc) is 3.18. The molecule has 7 nitrogen and oxygen atoms in total. The molecule has 0 saturated heterocycles. The van der Waals surface area contributed by atoms with Crippen LogP contribution in [0.3, 0.4) is 0 Å². The van der Waals surface area contributed by atoms with E-state index in [0.29, 0.717) is 31.4 Å². The highest BCUT2D eigenvalue weighted by atomic mass is 16.6. The summed E-state index contributed by atoms with van der Waals surface area (Å²) in [6, 6.07) is 14.7. The number of aromatic nitrogens is 3. The van der Waals surface area contributed by atoms with Crippen LogP contribution in [0.5, 0.6) is 0 Å². The molecule has 1 N–H and O–H groups in total. The first kappa shape index (κ1) is 25.1. The lowest BCUT2D eigenvalue weighted by atomic mass is 9.90. The lowest BCUT2D eigenvalue weighted by molar-refractivity contribution is 0.0526. The van der Waals surface area contributed by atoms with Crippen LogP contribution in [0.25, 0.3) is 21.8 Å². The summed E-state index contributed by atoms with van der Waals surface area (Å²) in [7, 11) is 0. The van der Waals surface area contributed by atoms with Crippen LogP contribution in [0.2, 0.25) is 0 Å². The molecule has 0 fully saturated rings. The third-order valence-electron chi connectivity index (χ3n) is 7.07. The molecular weight excluding hydrogens is 464 g/mol. The molecule has 0 unspecified atom stereocenters. The molecule has 5 rings (SSSR count). The number of hydrogen-bond acceptors (Lipinski definition) is 4. The summed E-state index contributed by atoms with van der Waals surface area (Å²) in [4.78, 5) is 26.0. The van der Waals surface area contributed by atoms with Gasteiger partial charge in [-0.25, -0.2) is 4.79 Å². The van der Waals surface area contributed by atoms with Gasteiger partial charge in [-0.05, 0) is 88.6 Å². The van der Waals surface area contributed by atoms with E-state index in [2.05, 4.69) is 29.6 Å². The van der Waals surface area contributed by atoms with Crippen LogP contribution in [0.1, 0.15) is 62.4 Å². The summed E-state index contributed by atoms with van der Waals surface area (Å²) in [6.07, 6.45) is 4.66. The van der Waals surface area contributed by atoms with Gasteiger partial charge in [0.15, 0.2) is 0 Å². The van der Waals surface area contributed by atoms with Crippen molar-refractivity contribution in [1.82, 2.24) is 19.7 Å². The number of carbonyl (C=O) groups excluding carboxylic acids is 1. The molecule has 4 aromatic rings. The van der Waals surface area contributed by atoms with E-state index >= 15 is 0 Å². The molecule has 0 bridgehead atoms. The Morgan fingerprint density at radius 3 is 2.49 bits per heavy atom. The minimum Gasteiger partial charge on any atom is -0.444 e. The number of amides is 1. The molecule has 194 valence electrons. The summed E-state index contributed by atoms with van der Waals surface area (Å²) in [5.41, 5.74) is 5.87. The van der Waals surface area contributed by atoms with Gasteiger partial charge in [0.1, 0.15) is 11.1 Å². The van der Waals surface area contributed by atoms with Crippen LogP contribution in [0.15, 0.2) is 47.3 Å². The quantitative estimate of drug-likeness (QED) is 0.355. The number of aryl methyl sites for hydroxylation is 4. The van der Waals surface area contributed by atoms with E-state index in [1.54, 1.807) is 0 Å². The minimum absolute atomic E-state index is 0.0210. The van der Waals surface area contributed by atoms with Crippen LogP contribution in [-0.4, -0.2) is 32.6 Å². The molecular formula is C30H36N4O3. The van der Waals surface area contributed by atoms with Crippen molar-refractivity contribution in [2.24, 2.45) is 0 Å². The number of benzene rings is 2. The summed E-state index contributed by atoms with van der Waals surface area (Å²) in [5, 5.41) is 9.50. The van der Waals surface area contributed by atoms with Crippen LogP contribution in [0, 0.1) is 6.92 Å². The fourth-order valence-corrected chi connectivity index (χ4v) is 5.29. The van der Waals surface area contributed by atoms with Gasteiger partial charge >= 0.3 is 6.09 Å². The predicted molar refractivity (Wildman–Crippen MR) is 147 cm³/mol. The van der Waals surface area contributed by atoms with E-state index in [1.165, 1.54) is 24.0 Å². The maximum Gasteiger partial charge on any atom is 0.407 e. The zero-order valence-corrected chi connectivity index (χ0v) is 22.3. The van der Waals surface area contributed by atoms with Crippen LogP contribution >= 0.6 is 0 Å². The predicted octanol–water partition coefficient (Wildman–Crippen LogP) is 5.50. The van der Waals surface area contributed by atoms with Crippen LogP contribution in [-0.2, 0) is 30.7 Å². The second-order valence-electron chi connectivity index (χ2n) is 11.0. The molecule has 0 saturated carbocycles. The van der Waals surface area contributed by atoms with Crippen molar-refractivity contribution < 1.29 is 9.53 Å². The molecule has 0 radical (unpaired) electrons. The van der Waals surface area contributed by atoms with Crippen molar-refractivity contribution in [2.45, 2.75) is 78.5 Å². The maximum atomic E-state index is 13.9. The number of nitrogens with zero attached hydrogens (tertiary/aromatic N) is 3. The van der Waals surface area contributed by atoms with Gasteiger partial charge in [-0.1, -0.05) is 30.3 Å². The number of nitrogens with one attached hydrogen (secondary N) is 1. The zero-order valence-electron chi connectivity index (χ0n) is 22.3. The monoisotopic (exact) mass is 500 g/mol. The third-order valence-corrected chi connectivity index (χ3v) is 7.07. The average molecular weight is 501 g/mol. The Morgan fingerprint density at radius 2 is 1.78 bits per heavy atom. The smallest absolute Gasteiger partial charge is 0.407 e. The number of rotatable bonds is 6. The van der Waals surface area contributed by atoms with Crippen LogP contribution < -0.4 is 10.9 Å². The number of carbonyl (C=O) groups is 1. The third kappa shape index (κ3) is 5.26. The standard InChI is InChI=1S/C30H36N4O3/c1-20-26-27(32-34(20)19-21-11-6-5-7-12-21)24-17-22-13-8-9-14-23(22)18-25(24)33(28(26)35)16-10-15-31-29(36)37-30(2,3)4/h5-7,11-12,17-18H,8-10,13-16,19H2,1-4H3,(H,31,36). The van der Waals surface area contributed by atoms with E-state index in [1.807, 2.05) is 55.1 Å². The first-order valence-electron chi connectivity index (χ1n) is 13.3. The van der Waals surface area contributed by atoms with Gasteiger partial charge in [0, 0.05) is 24.2 Å². The molecule has 37 heavy (non-hydrogen) atoms. The first-order chi connectivity index (χ1) is 17.7. The van der Waals surface area contributed by atoms with Gasteiger partial charge in [-0.3, -0.25) is 9.48 Å². The second kappa shape index (κ2) is 10.0. The van der Waals surface area contributed by atoms with Gasteiger partial charge in [-0.2, -0.15) is 5.10 Å². The Morgan fingerprint density at radius 1 is 1.08 bits per heavy atom. The number of pyridine rings is 1. The Bertz CT molecular complexity index is 1510. The Hall–Kier alpha value is -3.61. The van der Waals surface area contributed by atoms with E-state index in [4.69, 9.17) is 9.84 Å². The molecule has 7 heteroatoms. The topological polar surface area (TPSA) is 78.2 Å². The Kier molecular flexibility index (Phi) is 6.80. The molecule has 0 spiro atoms. The number of fused-ring (bicyclic) bond motifs is 4. The summed E-state index contributed by atoms with van der Waals surface area (Å²) < 4.78 is 9.17. The summed E-state index contributed by atoms with van der Waals surface area (Å²) in [6.45, 7) is 9.06. The van der Waals surface area contributed by atoms with Gasteiger partial charge in [0.25, 0.3) is 5.56 Å². The fraction of sp³-hybridized carbons (Fsp3) is 0.433. The molecule has 1 aliphatic carbocycles. The molecule has 2 heterocycles. The van der Waals surface area contributed by atoms with Crippen molar-refractivity contribution in [3.63, 3.8) is 0 Å². The first-order valence-corrected chi connectivity index (χ1v) is 13.3. The molecule has 2 aromatic carbocycles. The van der Waals surface area contributed by atoms with Gasteiger partial charge < -0.3 is 14.6 Å². The largest absolute Gasteiger partial charge is 0.444 e. The lowest BCUT2D eigenvalue weighted by Gasteiger charge is -2.20. The molecule has 0 aliphatic heterocycles. The van der Waals surface area contributed by atoms with E-state index < -0.39 is 11.7 Å². The highest BCUT2D eigenvalue weighted by Gasteiger charge is 2.21. The fourth-order valence-electron chi connectivity index (χ4n) is 5.29. The second-order valence-corrected chi connectivity index (χ2v) is 11.0. The molecule has 2 aromatic heterocycles. The van der Waals surface area contributed by atoms with Gasteiger partial charge in [0.05, 0.1) is 17.4 Å². The highest BCUT2D eigenvalue weighted by Crippen LogP contribution is 2.31. The minimum atomic E-state index is -0.543. The molecule has 1 aliphatic rings. The normalized spacial score (nSPS) is 13.6. The van der Waals surface area contributed by atoms with E-state index in [9.17, 15) is 9.59 Å². The van der Waals surface area contributed by atoms with Crippen molar-refractivity contribution in [1.29, 1.82) is 0 Å². The zero-order chi connectivity index (χ0) is 26.2. The summed E-state index contributed by atoms with van der Waals surface area (Å²) >= 11 is 0. The molecule has 1 amide bonds.